The highest BCUT2D eigenvalue weighted by Crippen LogP contribution is 2.38. The van der Waals surface area contributed by atoms with E-state index in [9.17, 15) is 0 Å². The summed E-state index contributed by atoms with van der Waals surface area (Å²) in [7, 11) is 2.04. The van der Waals surface area contributed by atoms with Crippen molar-refractivity contribution in [1.82, 2.24) is 5.32 Å². The quantitative estimate of drug-likeness (QED) is 0.653. The van der Waals surface area contributed by atoms with Crippen molar-refractivity contribution in [3.05, 3.63) is 12.2 Å². The molecule has 0 radical (unpaired) electrons. The van der Waals surface area contributed by atoms with Crippen LogP contribution in [-0.2, 0) is 0 Å². The Morgan fingerprint density at radius 3 is 2.57 bits per heavy atom. The Morgan fingerprint density at radius 1 is 1.50 bits per heavy atom. The molecule has 0 saturated heterocycles. The van der Waals surface area contributed by atoms with Crippen molar-refractivity contribution in [2.45, 2.75) is 44.2 Å². The van der Waals surface area contributed by atoms with Gasteiger partial charge in [-0.25, -0.2) is 0 Å². The molecule has 2 heteroatoms. The average Bonchev–Trinajstić information content (AvgIpc) is 2.92. The van der Waals surface area contributed by atoms with Crippen LogP contribution >= 0.6 is 0 Å². The lowest BCUT2D eigenvalue weighted by Crippen LogP contribution is -2.46. The number of hydrogen-bond acceptors (Lipinski definition) is 2. The van der Waals surface area contributed by atoms with E-state index in [-0.39, 0.29) is 0 Å². The number of likely N-dealkylation sites (N-methyl/N-ethyl adjacent to an activating group) is 1. The van der Waals surface area contributed by atoms with E-state index in [2.05, 4.69) is 11.9 Å². The Bertz CT molecular complexity index is 212. The maximum Gasteiger partial charge on any atom is 0.0223 e. The molecular weight excluding hydrogens is 172 g/mol. The molecule has 14 heavy (non-hydrogen) atoms. The zero-order valence-corrected chi connectivity index (χ0v) is 9.13. The molecule has 0 amide bonds. The predicted octanol–water partition coefficient (Wildman–Crippen LogP) is 1.67. The molecule has 3 N–H and O–H groups in total. The van der Waals surface area contributed by atoms with E-state index >= 15 is 0 Å². The van der Waals surface area contributed by atoms with Crippen LogP contribution in [0.15, 0.2) is 12.2 Å². The summed E-state index contributed by atoms with van der Waals surface area (Å²) in [5.41, 5.74) is 7.63. The molecule has 2 fully saturated rings. The van der Waals surface area contributed by atoms with Crippen molar-refractivity contribution >= 4 is 0 Å². The highest BCUT2D eigenvalue weighted by molar-refractivity contribution is 5.08. The molecule has 2 saturated carbocycles. The van der Waals surface area contributed by atoms with Crippen molar-refractivity contribution in [3.8, 4) is 0 Å². The largest absolute Gasteiger partial charge is 0.326 e. The first-order valence-electron chi connectivity index (χ1n) is 5.80. The van der Waals surface area contributed by atoms with Gasteiger partial charge in [-0.05, 0) is 51.0 Å². The van der Waals surface area contributed by atoms with E-state index in [4.69, 9.17) is 5.73 Å². The summed E-state index contributed by atoms with van der Waals surface area (Å²) in [5.74, 6) is 1.65. The topological polar surface area (TPSA) is 38.0 Å². The van der Waals surface area contributed by atoms with Crippen LogP contribution in [-0.4, -0.2) is 19.1 Å². The van der Waals surface area contributed by atoms with Crippen LogP contribution in [0.2, 0.25) is 0 Å². The van der Waals surface area contributed by atoms with Crippen LogP contribution in [0, 0.1) is 11.8 Å². The lowest BCUT2D eigenvalue weighted by molar-refractivity contribution is 0.296. The molecule has 0 bridgehead atoms. The molecule has 0 spiro atoms. The van der Waals surface area contributed by atoms with E-state index in [0.717, 1.165) is 11.8 Å². The maximum absolute atomic E-state index is 6.21. The van der Waals surface area contributed by atoms with Crippen LogP contribution in [0.25, 0.3) is 0 Å². The summed E-state index contributed by atoms with van der Waals surface area (Å²) in [6.07, 6.45) is 6.39. The SMILES string of the molecule is C=C1CC(CC(NC)C(N)C2CC2)C1. The highest BCUT2D eigenvalue weighted by Gasteiger charge is 2.35. The minimum atomic E-state index is 0.383. The second-order valence-electron chi connectivity index (χ2n) is 5.07. The fourth-order valence-corrected chi connectivity index (χ4v) is 2.56. The molecule has 0 heterocycles. The lowest BCUT2D eigenvalue weighted by atomic mass is 9.76. The Balaban J connectivity index is 1.77. The third-order valence-corrected chi connectivity index (χ3v) is 3.74. The zero-order valence-electron chi connectivity index (χ0n) is 9.13. The number of rotatable bonds is 5. The normalized spacial score (nSPS) is 27.1. The van der Waals surface area contributed by atoms with Crippen molar-refractivity contribution in [2.75, 3.05) is 7.05 Å². The Kier molecular flexibility index (Phi) is 2.93. The number of allylic oxidation sites excluding steroid dienone is 1. The Hall–Kier alpha value is -0.340. The first kappa shape index (κ1) is 10.2. The Morgan fingerprint density at radius 2 is 2.14 bits per heavy atom. The van der Waals surface area contributed by atoms with Gasteiger partial charge in [-0.3, -0.25) is 0 Å². The van der Waals surface area contributed by atoms with E-state index in [1.807, 2.05) is 7.05 Å². The van der Waals surface area contributed by atoms with E-state index in [1.165, 1.54) is 37.7 Å². The van der Waals surface area contributed by atoms with Gasteiger partial charge in [0.2, 0.25) is 0 Å². The molecule has 0 aromatic carbocycles. The van der Waals surface area contributed by atoms with E-state index in [1.54, 1.807) is 0 Å². The molecule has 2 rings (SSSR count). The summed E-state index contributed by atoms with van der Waals surface area (Å²) >= 11 is 0. The monoisotopic (exact) mass is 194 g/mol. The summed E-state index contributed by atoms with van der Waals surface area (Å²) in [5, 5.41) is 3.38. The van der Waals surface area contributed by atoms with Gasteiger partial charge in [0, 0.05) is 12.1 Å². The van der Waals surface area contributed by atoms with Gasteiger partial charge in [-0.2, -0.15) is 0 Å². The molecule has 80 valence electrons. The van der Waals surface area contributed by atoms with Gasteiger partial charge < -0.3 is 11.1 Å². The number of hydrogen-bond donors (Lipinski definition) is 2. The fourth-order valence-electron chi connectivity index (χ4n) is 2.56. The molecule has 0 aliphatic heterocycles. The van der Waals surface area contributed by atoms with Crippen molar-refractivity contribution < 1.29 is 0 Å². The number of nitrogens with one attached hydrogen (secondary N) is 1. The minimum Gasteiger partial charge on any atom is -0.326 e. The minimum absolute atomic E-state index is 0.383. The first-order valence-corrected chi connectivity index (χ1v) is 5.80. The van der Waals surface area contributed by atoms with Crippen LogP contribution in [0.1, 0.15) is 32.1 Å². The second-order valence-corrected chi connectivity index (χ2v) is 5.07. The highest BCUT2D eigenvalue weighted by atomic mass is 14.9. The van der Waals surface area contributed by atoms with E-state index in [0.29, 0.717) is 12.1 Å². The van der Waals surface area contributed by atoms with Crippen LogP contribution < -0.4 is 11.1 Å². The third kappa shape index (κ3) is 2.18. The smallest absolute Gasteiger partial charge is 0.0223 e. The lowest BCUT2D eigenvalue weighted by Gasteiger charge is -2.34. The molecule has 2 unspecified atom stereocenters. The number of nitrogens with two attached hydrogens (primary N) is 1. The molecule has 2 nitrogen and oxygen atoms in total. The van der Waals surface area contributed by atoms with Crippen molar-refractivity contribution in [3.63, 3.8) is 0 Å². The van der Waals surface area contributed by atoms with Gasteiger partial charge in [0.1, 0.15) is 0 Å². The fraction of sp³-hybridized carbons (Fsp3) is 0.833. The van der Waals surface area contributed by atoms with Gasteiger partial charge in [-0.15, -0.1) is 0 Å². The van der Waals surface area contributed by atoms with Crippen molar-refractivity contribution in [2.24, 2.45) is 17.6 Å². The molecule has 0 aromatic heterocycles. The summed E-state index contributed by atoms with van der Waals surface area (Å²) in [4.78, 5) is 0. The predicted molar refractivity (Wildman–Crippen MR) is 60.0 cm³/mol. The van der Waals surface area contributed by atoms with Gasteiger partial charge in [0.05, 0.1) is 0 Å². The molecule has 0 aromatic rings. The van der Waals surface area contributed by atoms with Crippen LogP contribution in [0.4, 0.5) is 0 Å². The van der Waals surface area contributed by atoms with Crippen LogP contribution in [0.3, 0.4) is 0 Å². The summed E-state index contributed by atoms with van der Waals surface area (Å²) < 4.78 is 0. The first-order chi connectivity index (χ1) is 6.70. The van der Waals surface area contributed by atoms with Gasteiger partial charge >= 0.3 is 0 Å². The molecule has 2 aliphatic carbocycles. The Labute approximate surface area is 86.9 Å². The van der Waals surface area contributed by atoms with E-state index < -0.39 is 0 Å². The van der Waals surface area contributed by atoms with Gasteiger partial charge in [0.25, 0.3) is 0 Å². The summed E-state index contributed by atoms with van der Waals surface area (Å²) in [6, 6.07) is 0.912. The molecule has 2 aliphatic rings. The second kappa shape index (κ2) is 4.03. The van der Waals surface area contributed by atoms with Crippen LogP contribution in [0.5, 0.6) is 0 Å². The maximum atomic E-state index is 6.21. The molecular formula is C12H22N2. The molecule has 2 atom stereocenters. The summed E-state index contributed by atoms with van der Waals surface area (Å²) in [6.45, 7) is 3.98. The van der Waals surface area contributed by atoms with Crippen molar-refractivity contribution in [1.29, 1.82) is 0 Å². The standard InChI is InChI=1S/C12H22N2/c1-8-5-9(6-8)7-11(14-2)12(13)10-3-4-10/h9-12,14H,1,3-7,13H2,2H3. The zero-order chi connectivity index (χ0) is 10.1. The van der Waals surface area contributed by atoms with Gasteiger partial charge in [0.15, 0.2) is 0 Å². The van der Waals surface area contributed by atoms with Gasteiger partial charge in [-0.1, -0.05) is 12.2 Å². The average molecular weight is 194 g/mol. The third-order valence-electron chi connectivity index (χ3n) is 3.74.